The Balaban J connectivity index is 1.25. The summed E-state index contributed by atoms with van der Waals surface area (Å²) in [4.78, 5) is 52.6. The van der Waals surface area contributed by atoms with Crippen LogP contribution < -0.4 is 11.1 Å². The van der Waals surface area contributed by atoms with E-state index in [2.05, 4.69) is 34.3 Å². The maximum Gasteiger partial charge on any atom is 0.340 e. The highest BCUT2D eigenvalue weighted by atomic mass is 16.5. The third-order valence-electron chi connectivity index (χ3n) is 16.4. The minimum absolute atomic E-state index is 0.0481. The molecule has 2 aromatic carbocycles. The van der Waals surface area contributed by atoms with Crippen molar-refractivity contribution in [3.05, 3.63) is 103 Å². The van der Waals surface area contributed by atoms with Gasteiger partial charge in [0.2, 0.25) is 11.8 Å². The molecule has 2 N–H and O–H groups in total. The molecule has 16 heteroatoms. The van der Waals surface area contributed by atoms with E-state index in [1.165, 1.54) is 155 Å². The maximum absolute atomic E-state index is 13.2. The Bertz CT molecular complexity index is 2720. The molecule has 2 heterocycles. The van der Waals surface area contributed by atoms with E-state index >= 15 is 0 Å². The molecule has 0 amide bonds. The van der Waals surface area contributed by atoms with Crippen LogP contribution in [0.15, 0.2) is 78.6 Å². The SMILES string of the molecule is CCCCCCCCCC(CCCCCCCCOC(=O)c1ccccc1N=Nc1c(C)c(C#N)c(O)n(CC)c1=O)C(CCCCCCCCC)CCCCCCCCOC(=O)c1ccccc1N=Nc1c(C)c(C#N)c(O)n(CC)c1=O. The third kappa shape index (κ3) is 22.6. The largest absolute Gasteiger partial charge is 0.493 e. The highest BCUT2D eigenvalue weighted by molar-refractivity contribution is 5.95. The normalized spacial score (nSPS) is 12.2. The molecule has 0 saturated carbocycles. The van der Waals surface area contributed by atoms with Crippen LogP contribution in [0, 0.1) is 48.3 Å². The first kappa shape index (κ1) is 69.6. The number of rotatable bonds is 43. The molecule has 2 atom stereocenters. The van der Waals surface area contributed by atoms with E-state index in [1.54, 1.807) is 62.4 Å². The lowest BCUT2D eigenvalue weighted by Crippen LogP contribution is -2.20. The summed E-state index contributed by atoms with van der Waals surface area (Å²) in [5.41, 5.74) is -0.00912. The number of esters is 2. The predicted octanol–water partition coefficient (Wildman–Crippen LogP) is 18.6. The summed E-state index contributed by atoms with van der Waals surface area (Å²) >= 11 is 0. The van der Waals surface area contributed by atoms with Gasteiger partial charge in [0.25, 0.3) is 11.1 Å². The average Bonchev–Trinajstić information content (AvgIpc) is 2.62. The van der Waals surface area contributed by atoms with Gasteiger partial charge in [-0.1, -0.05) is 218 Å². The smallest absolute Gasteiger partial charge is 0.340 e. The third-order valence-corrected chi connectivity index (χ3v) is 16.4. The van der Waals surface area contributed by atoms with Crippen molar-refractivity contribution in [2.45, 2.75) is 247 Å². The number of hydrogen-bond donors (Lipinski definition) is 2. The molecule has 4 rings (SSSR count). The van der Waals surface area contributed by atoms with Crippen molar-refractivity contribution in [2.24, 2.45) is 32.3 Å². The Labute approximate surface area is 500 Å². The van der Waals surface area contributed by atoms with Crippen molar-refractivity contribution in [3.63, 3.8) is 0 Å². The molecule has 0 bridgehead atoms. The van der Waals surface area contributed by atoms with Gasteiger partial charge < -0.3 is 19.7 Å². The zero-order valence-corrected chi connectivity index (χ0v) is 51.7. The van der Waals surface area contributed by atoms with Crippen LogP contribution in [0.3, 0.4) is 0 Å². The molecule has 84 heavy (non-hydrogen) atoms. The Kier molecular flexibility index (Phi) is 33.4. The number of carbonyl (C=O) groups excluding carboxylic acids is 2. The summed E-state index contributed by atoms with van der Waals surface area (Å²) in [7, 11) is 0. The molecule has 0 aliphatic rings. The quantitative estimate of drug-likeness (QED) is 0.0242. The Hall–Kier alpha value is -6.94. The van der Waals surface area contributed by atoms with E-state index in [0.29, 0.717) is 13.2 Å². The lowest BCUT2D eigenvalue weighted by molar-refractivity contribution is 0.0489. The highest BCUT2D eigenvalue weighted by Gasteiger charge is 2.23. The monoisotopic (exact) mass is 1150 g/mol. The van der Waals surface area contributed by atoms with E-state index in [1.807, 2.05) is 12.1 Å². The van der Waals surface area contributed by atoms with Crippen LogP contribution in [-0.2, 0) is 22.6 Å². The van der Waals surface area contributed by atoms with Gasteiger partial charge in [0, 0.05) is 24.2 Å². The minimum atomic E-state index is -0.575. The first-order chi connectivity index (χ1) is 40.9. The number of carbonyl (C=O) groups is 2. The lowest BCUT2D eigenvalue weighted by atomic mass is 9.78. The van der Waals surface area contributed by atoms with Gasteiger partial charge in [0.15, 0.2) is 11.4 Å². The van der Waals surface area contributed by atoms with Gasteiger partial charge in [0.05, 0.1) is 24.3 Å². The van der Waals surface area contributed by atoms with Gasteiger partial charge in [-0.25, -0.2) is 9.59 Å². The highest BCUT2D eigenvalue weighted by Crippen LogP contribution is 2.35. The first-order valence-electron chi connectivity index (χ1n) is 32.0. The lowest BCUT2D eigenvalue weighted by Gasteiger charge is -2.28. The summed E-state index contributed by atoms with van der Waals surface area (Å²) in [5, 5.41) is 56.8. The number of unbranched alkanes of at least 4 members (excludes halogenated alkanes) is 22. The predicted molar refractivity (Wildman–Crippen MR) is 334 cm³/mol. The van der Waals surface area contributed by atoms with Gasteiger partial charge in [-0.15, -0.1) is 20.5 Å². The molecule has 0 aliphatic heterocycles. The van der Waals surface area contributed by atoms with Crippen molar-refractivity contribution in [2.75, 3.05) is 13.2 Å². The standard InChI is InChI=1S/C68H98N8O8/c1-7-11-13-15-17-23-29-39-53(41-31-25-19-21-27-37-47-83-67(81)55-43-33-35-45-59(55)71-73-61-51(5)57(49-69)63(77)75(9-3)65(61)79)54(40-30-24-18-16-14-12-8-2)42-32-26-20-22-28-38-48-84-68(82)56-44-34-36-46-60(56)72-74-62-52(6)58(50-70)64(78)76(10-4)66(62)80/h33-36,43-46,53-54,77-78H,7-32,37-42,47-48H2,1-6H3. The molecule has 2 unspecified atom stereocenters. The van der Waals surface area contributed by atoms with E-state index in [0.717, 1.165) is 72.3 Å². The summed E-state index contributed by atoms with van der Waals surface area (Å²) in [6.07, 6.45) is 36.6. The zero-order chi connectivity index (χ0) is 60.9. The number of pyridine rings is 2. The number of aromatic hydroxyl groups is 2. The summed E-state index contributed by atoms with van der Waals surface area (Å²) in [6, 6.07) is 17.2. The second-order valence-electron chi connectivity index (χ2n) is 22.5. The Morgan fingerprint density at radius 3 is 1.07 bits per heavy atom. The van der Waals surface area contributed by atoms with Crippen LogP contribution in [-0.4, -0.2) is 44.5 Å². The Morgan fingerprint density at radius 1 is 0.464 bits per heavy atom. The molecule has 16 nitrogen and oxygen atoms in total. The number of aromatic nitrogens is 2. The van der Waals surface area contributed by atoms with Crippen LogP contribution >= 0.6 is 0 Å². The van der Waals surface area contributed by atoms with Crippen LogP contribution in [0.5, 0.6) is 11.8 Å². The Morgan fingerprint density at radius 2 is 0.762 bits per heavy atom. The molecule has 0 saturated heterocycles. The van der Waals surface area contributed by atoms with Crippen molar-refractivity contribution in [1.29, 1.82) is 10.5 Å². The molecule has 458 valence electrons. The van der Waals surface area contributed by atoms with Gasteiger partial charge in [-0.2, -0.15) is 10.5 Å². The van der Waals surface area contributed by atoms with Gasteiger partial charge in [-0.3, -0.25) is 18.7 Å². The van der Waals surface area contributed by atoms with E-state index in [-0.39, 0.29) is 69.2 Å². The van der Waals surface area contributed by atoms with E-state index in [4.69, 9.17) is 9.47 Å². The molecular formula is C68H98N8O8. The zero-order valence-electron chi connectivity index (χ0n) is 51.7. The molecular weight excluding hydrogens is 1060 g/mol. The number of nitrogens with zero attached hydrogens (tertiary/aromatic N) is 8. The second-order valence-corrected chi connectivity index (χ2v) is 22.5. The van der Waals surface area contributed by atoms with Gasteiger partial charge >= 0.3 is 11.9 Å². The number of azo groups is 2. The van der Waals surface area contributed by atoms with Crippen LogP contribution in [0.25, 0.3) is 0 Å². The molecule has 0 spiro atoms. The van der Waals surface area contributed by atoms with E-state index < -0.39 is 34.8 Å². The van der Waals surface area contributed by atoms with Crippen molar-refractivity contribution < 1.29 is 29.3 Å². The van der Waals surface area contributed by atoms with Gasteiger partial charge in [0.1, 0.15) is 34.6 Å². The summed E-state index contributed by atoms with van der Waals surface area (Å²) in [6.45, 7) is 11.9. The number of hydrogen-bond acceptors (Lipinski definition) is 14. The van der Waals surface area contributed by atoms with Crippen molar-refractivity contribution >= 4 is 34.7 Å². The topological polar surface area (TPSA) is 234 Å². The second kappa shape index (κ2) is 40.3. The van der Waals surface area contributed by atoms with Crippen molar-refractivity contribution in [1.82, 2.24) is 9.13 Å². The first-order valence-corrected chi connectivity index (χ1v) is 32.0. The van der Waals surface area contributed by atoms with Crippen LogP contribution in [0.4, 0.5) is 22.7 Å². The molecule has 4 aromatic rings. The number of ether oxygens (including phenoxy) is 2. The molecule has 0 aliphatic carbocycles. The van der Waals surface area contributed by atoms with Gasteiger partial charge in [-0.05, 0) is 76.6 Å². The number of benzene rings is 2. The average molecular weight is 1160 g/mol. The summed E-state index contributed by atoms with van der Waals surface area (Å²) < 4.78 is 13.5. The fourth-order valence-electron chi connectivity index (χ4n) is 11.3. The van der Waals surface area contributed by atoms with E-state index in [9.17, 15) is 39.9 Å². The van der Waals surface area contributed by atoms with Crippen molar-refractivity contribution in [3.8, 4) is 23.9 Å². The number of nitriles is 2. The summed E-state index contributed by atoms with van der Waals surface area (Å²) in [5.74, 6) is -0.331. The molecule has 0 radical (unpaired) electrons. The minimum Gasteiger partial charge on any atom is -0.493 e. The fourth-order valence-corrected chi connectivity index (χ4v) is 11.3. The van der Waals surface area contributed by atoms with Crippen LogP contribution in [0.1, 0.15) is 263 Å². The maximum atomic E-state index is 13.2. The fraction of sp³-hybridized carbons (Fsp3) is 0.618. The molecule has 2 aromatic heterocycles. The molecule has 0 fully saturated rings. The van der Waals surface area contributed by atoms with Crippen LogP contribution in [0.2, 0.25) is 0 Å².